The van der Waals surface area contributed by atoms with E-state index in [1.54, 1.807) is 24.3 Å². The molecule has 1 amide bonds. The SMILES string of the molecule is CS(=O)(=O)Cc1cccc(C(=O)NC(Cc2ccccc2)c2nc3ccccc3[nH]2)c1. The van der Waals surface area contributed by atoms with Crippen LogP contribution in [0.15, 0.2) is 78.9 Å². The van der Waals surface area contributed by atoms with Gasteiger partial charge in [-0.05, 0) is 41.8 Å². The van der Waals surface area contributed by atoms with Crippen molar-refractivity contribution in [3.8, 4) is 0 Å². The Balaban J connectivity index is 1.62. The Bertz CT molecular complexity index is 1280. The van der Waals surface area contributed by atoms with Crippen molar-refractivity contribution in [2.75, 3.05) is 6.26 Å². The van der Waals surface area contributed by atoms with Gasteiger partial charge in [-0.15, -0.1) is 0 Å². The fourth-order valence-electron chi connectivity index (χ4n) is 3.55. The molecule has 4 rings (SSSR count). The van der Waals surface area contributed by atoms with E-state index in [9.17, 15) is 13.2 Å². The van der Waals surface area contributed by atoms with Crippen LogP contribution in [0.2, 0.25) is 0 Å². The molecule has 0 bridgehead atoms. The Morgan fingerprint density at radius 1 is 0.968 bits per heavy atom. The number of nitrogens with one attached hydrogen (secondary N) is 2. The van der Waals surface area contributed by atoms with Crippen molar-refractivity contribution in [2.24, 2.45) is 0 Å². The van der Waals surface area contributed by atoms with Crippen LogP contribution in [0.1, 0.15) is 33.4 Å². The highest BCUT2D eigenvalue weighted by atomic mass is 32.2. The minimum atomic E-state index is -3.19. The highest BCUT2D eigenvalue weighted by molar-refractivity contribution is 7.89. The molecule has 0 aliphatic carbocycles. The summed E-state index contributed by atoms with van der Waals surface area (Å²) in [5.41, 5.74) is 3.80. The lowest BCUT2D eigenvalue weighted by atomic mass is 10.0. The molecule has 0 saturated heterocycles. The van der Waals surface area contributed by atoms with Gasteiger partial charge in [0.25, 0.3) is 5.91 Å². The second kappa shape index (κ2) is 8.73. The number of nitrogens with zero attached hydrogens (tertiary/aromatic N) is 1. The van der Waals surface area contributed by atoms with E-state index in [0.29, 0.717) is 23.4 Å². The van der Waals surface area contributed by atoms with Crippen LogP contribution in [-0.2, 0) is 22.0 Å². The van der Waals surface area contributed by atoms with Gasteiger partial charge in [-0.1, -0.05) is 54.6 Å². The van der Waals surface area contributed by atoms with Crippen LogP contribution in [-0.4, -0.2) is 30.5 Å². The molecule has 0 aliphatic heterocycles. The lowest BCUT2D eigenvalue weighted by Gasteiger charge is -2.17. The first-order chi connectivity index (χ1) is 14.9. The zero-order chi connectivity index (χ0) is 21.8. The van der Waals surface area contributed by atoms with Gasteiger partial charge in [0.15, 0.2) is 9.84 Å². The number of aromatic nitrogens is 2. The summed E-state index contributed by atoms with van der Waals surface area (Å²) >= 11 is 0. The van der Waals surface area contributed by atoms with E-state index in [4.69, 9.17) is 0 Å². The Morgan fingerprint density at radius 2 is 1.68 bits per heavy atom. The summed E-state index contributed by atoms with van der Waals surface area (Å²) in [7, 11) is -3.19. The van der Waals surface area contributed by atoms with Gasteiger partial charge >= 0.3 is 0 Å². The normalized spacial score (nSPS) is 12.5. The van der Waals surface area contributed by atoms with Gasteiger partial charge in [0.2, 0.25) is 0 Å². The van der Waals surface area contributed by atoms with E-state index >= 15 is 0 Å². The fourth-order valence-corrected chi connectivity index (χ4v) is 4.34. The molecule has 0 saturated carbocycles. The minimum absolute atomic E-state index is 0.106. The number of aromatic amines is 1. The van der Waals surface area contributed by atoms with Gasteiger partial charge in [-0.3, -0.25) is 4.79 Å². The van der Waals surface area contributed by atoms with Crippen molar-refractivity contribution in [1.82, 2.24) is 15.3 Å². The molecule has 0 fully saturated rings. The molecule has 7 heteroatoms. The molecular formula is C24H23N3O3S. The largest absolute Gasteiger partial charge is 0.342 e. The molecule has 3 aromatic carbocycles. The van der Waals surface area contributed by atoms with E-state index in [0.717, 1.165) is 16.6 Å². The molecule has 1 atom stereocenters. The van der Waals surface area contributed by atoms with Gasteiger partial charge in [-0.25, -0.2) is 13.4 Å². The molecule has 0 spiro atoms. The minimum Gasteiger partial charge on any atom is -0.342 e. The lowest BCUT2D eigenvalue weighted by Crippen LogP contribution is -2.30. The Hall–Kier alpha value is -3.45. The van der Waals surface area contributed by atoms with E-state index in [-0.39, 0.29) is 17.7 Å². The average Bonchev–Trinajstić information content (AvgIpc) is 3.17. The summed E-state index contributed by atoms with van der Waals surface area (Å²) < 4.78 is 23.2. The maximum Gasteiger partial charge on any atom is 0.251 e. The van der Waals surface area contributed by atoms with Gasteiger partial charge in [0.05, 0.1) is 22.8 Å². The van der Waals surface area contributed by atoms with Crippen molar-refractivity contribution in [3.05, 3.63) is 101 Å². The number of para-hydroxylation sites is 2. The van der Waals surface area contributed by atoms with Gasteiger partial charge < -0.3 is 10.3 Å². The first kappa shape index (κ1) is 20.8. The molecule has 6 nitrogen and oxygen atoms in total. The van der Waals surface area contributed by atoms with E-state index in [2.05, 4.69) is 15.3 Å². The number of rotatable bonds is 7. The predicted molar refractivity (Wildman–Crippen MR) is 121 cm³/mol. The first-order valence-electron chi connectivity index (χ1n) is 9.93. The van der Waals surface area contributed by atoms with Gasteiger partial charge in [0, 0.05) is 11.8 Å². The Labute approximate surface area is 181 Å². The average molecular weight is 434 g/mol. The summed E-state index contributed by atoms with van der Waals surface area (Å²) in [6.07, 6.45) is 1.74. The van der Waals surface area contributed by atoms with Crippen molar-refractivity contribution in [3.63, 3.8) is 0 Å². The maximum absolute atomic E-state index is 13.0. The summed E-state index contributed by atoms with van der Waals surface area (Å²) in [6, 6.07) is 23.9. The van der Waals surface area contributed by atoms with E-state index < -0.39 is 9.84 Å². The van der Waals surface area contributed by atoms with Crippen LogP contribution in [0, 0.1) is 0 Å². The molecule has 0 aliphatic rings. The van der Waals surface area contributed by atoms with Crippen LogP contribution in [0.4, 0.5) is 0 Å². The number of carbonyl (C=O) groups is 1. The summed E-state index contributed by atoms with van der Waals surface area (Å²) in [4.78, 5) is 21.0. The van der Waals surface area contributed by atoms with Crippen molar-refractivity contribution >= 4 is 26.8 Å². The zero-order valence-electron chi connectivity index (χ0n) is 17.1. The molecule has 2 N–H and O–H groups in total. The lowest BCUT2D eigenvalue weighted by molar-refractivity contribution is 0.0934. The van der Waals surface area contributed by atoms with Crippen molar-refractivity contribution < 1.29 is 13.2 Å². The molecule has 1 unspecified atom stereocenters. The molecule has 31 heavy (non-hydrogen) atoms. The van der Waals surface area contributed by atoms with Crippen LogP contribution in [0.5, 0.6) is 0 Å². The van der Waals surface area contributed by atoms with Crippen molar-refractivity contribution in [1.29, 1.82) is 0 Å². The highest BCUT2D eigenvalue weighted by Gasteiger charge is 2.20. The summed E-state index contributed by atoms with van der Waals surface area (Å²) in [5.74, 6) is 0.285. The number of sulfone groups is 1. The number of hydrogen-bond donors (Lipinski definition) is 2. The first-order valence-corrected chi connectivity index (χ1v) is 12.0. The second-order valence-corrected chi connectivity index (χ2v) is 9.77. The predicted octanol–water partition coefficient (Wildman–Crippen LogP) is 3.82. The monoisotopic (exact) mass is 433 g/mol. The smallest absolute Gasteiger partial charge is 0.251 e. The molecule has 1 aromatic heterocycles. The number of fused-ring (bicyclic) bond motifs is 1. The zero-order valence-corrected chi connectivity index (χ0v) is 17.9. The standard InChI is InChI=1S/C24H23N3O3S/c1-31(29,30)16-18-10-7-11-19(14-18)24(28)27-22(15-17-8-3-2-4-9-17)23-25-20-12-5-6-13-21(20)26-23/h2-14,22H,15-16H2,1H3,(H,25,26)(H,27,28). The third-order valence-electron chi connectivity index (χ3n) is 4.94. The highest BCUT2D eigenvalue weighted by Crippen LogP contribution is 2.21. The summed E-state index contributed by atoms with van der Waals surface area (Å²) in [5, 5.41) is 3.07. The fraction of sp³-hybridized carbons (Fsp3) is 0.167. The number of carbonyl (C=O) groups excluding carboxylic acids is 1. The number of hydrogen-bond acceptors (Lipinski definition) is 4. The van der Waals surface area contributed by atoms with Gasteiger partial charge in [-0.2, -0.15) is 0 Å². The van der Waals surface area contributed by atoms with Crippen LogP contribution < -0.4 is 5.32 Å². The van der Waals surface area contributed by atoms with Crippen LogP contribution >= 0.6 is 0 Å². The van der Waals surface area contributed by atoms with Crippen LogP contribution in [0.3, 0.4) is 0 Å². The molecule has 0 radical (unpaired) electrons. The Kier molecular flexibility index (Phi) is 5.86. The third-order valence-corrected chi connectivity index (χ3v) is 5.80. The van der Waals surface area contributed by atoms with E-state index in [1.165, 1.54) is 6.26 Å². The van der Waals surface area contributed by atoms with Gasteiger partial charge in [0.1, 0.15) is 5.82 Å². The molecule has 4 aromatic rings. The van der Waals surface area contributed by atoms with Crippen LogP contribution in [0.25, 0.3) is 11.0 Å². The Morgan fingerprint density at radius 3 is 2.42 bits per heavy atom. The quantitative estimate of drug-likeness (QED) is 0.463. The number of imidazole rings is 1. The molecular weight excluding hydrogens is 410 g/mol. The third kappa shape index (κ3) is 5.38. The second-order valence-electron chi connectivity index (χ2n) is 7.63. The summed E-state index contributed by atoms with van der Waals surface area (Å²) in [6.45, 7) is 0. The number of benzene rings is 3. The number of amides is 1. The molecule has 158 valence electrons. The topological polar surface area (TPSA) is 91.9 Å². The number of H-pyrrole nitrogens is 1. The maximum atomic E-state index is 13.0. The van der Waals surface area contributed by atoms with Crippen molar-refractivity contribution in [2.45, 2.75) is 18.2 Å². The molecule has 1 heterocycles. The van der Waals surface area contributed by atoms with E-state index in [1.807, 2.05) is 54.6 Å².